The number of rotatable bonds is 4. The molecule has 0 aliphatic heterocycles. The molecule has 2 unspecified atom stereocenters. The summed E-state index contributed by atoms with van der Waals surface area (Å²) in [6, 6.07) is 33.0. The summed E-state index contributed by atoms with van der Waals surface area (Å²) < 4.78 is 0. The number of hydrogen-bond donors (Lipinski definition) is 0. The molecule has 0 saturated carbocycles. The van der Waals surface area contributed by atoms with Crippen LogP contribution < -0.4 is 0 Å². The molecule has 0 fully saturated rings. The van der Waals surface area contributed by atoms with Gasteiger partial charge in [0.05, 0.1) is 0 Å². The molecule has 2 aromatic carbocycles. The maximum Gasteiger partial charge on any atom is 0.0452 e. The number of aryl methyl sites for hydroxylation is 4. The Morgan fingerprint density at radius 2 is 0.672 bits per heavy atom. The predicted molar refractivity (Wildman–Crippen MR) is 288 cm³/mol. The van der Waals surface area contributed by atoms with Crippen LogP contribution in [0, 0.1) is 41.5 Å². The molecule has 0 radical (unpaired) electrons. The van der Waals surface area contributed by atoms with Gasteiger partial charge in [0.1, 0.15) is 0 Å². The molecule has 14 rings (SSSR count). The maximum absolute atomic E-state index is 2.53. The van der Waals surface area contributed by atoms with E-state index in [0.717, 1.165) is 12.8 Å². The van der Waals surface area contributed by atoms with Crippen molar-refractivity contribution in [3.05, 3.63) is 160 Å². The average molecular weight is 974 g/mol. The average Bonchev–Trinajstić information content (AvgIpc) is 4.10. The maximum atomic E-state index is 2.53. The lowest BCUT2D eigenvalue weighted by molar-refractivity contribution is 0.946. The third kappa shape index (κ3) is 6.09. The Morgan fingerprint density at radius 3 is 1.00 bits per heavy atom. The Labute approximate surface area is 407 Å². The van der Waals surface area contributed by atoms with Gasteiger partial charge in [-0.15, -0.1) is 90.7 Å². The molecule has 0 amide bonds. The van der Waals surface area contributed by atoms with E-state index in [1.165, 1.54) is 134 Å². The van der Waals surface area contributed by atoms with Gasteiger partial charge in [0.25, 0.3) is 0 Å². The van der Waals surface area contributed by atoms with Crippen LogP contribution >= 0.6 is 90.7 Å². The lowest BCUT2D eigenvalue weighted by Crippen LogP contribution is -1.97. The Morgan fingerprint density at radius 1 is 0.344 bits per heavy atom. The van der Waals surface area contributed by atoms with Crippen molar-refractivity contribution in [2.75, 3.05) is 0 Å². The summed E-state index contributed by atoms with van der Waals surface area (Å²) in [5, 5.41) is 0. The zero-order chi connectivity index (χ0) is 43.4. The summed E-state index contributed by atoms with van der Waals surface area (Å²) in [4.78, 5) is 23.0. The van der Waals surface area contributed by atoms with E-state index in [4.69, 9.17) is 0 Å². The minimum atomic E-state index is 0.468. The molecule has 64 heavy (non-hydrogen) atoms. The topological polar surface area (TPSA) is 0 Å². The lowest BCUT2D eigenvalue weighted by atomic mass is 9.90. The van der Waals surface area contributed by atoms with E-state index < -0.39 is 0 Å². The highest BCUT2D eigenvalue weighted by molar-refractivity contribution is 7.26. The highest BCUT2D eigenvalue weighted by Crippen LogP contribution is 2.59. The third-order valence-electron chi connectivity index (χ3n) is 14.1. The van der Waals surface area contributed by atoms with Crippen molar-refractivity contribution in [2.24, 2.45) is 0 Å². The van der Waals surface area contributed by atoms with E-state index in [0.29, 0.717) is 11.8 Å². The van der Waals surface area contributed by atoms with E-state index in [-0.39, 0.29) is 0 Å². The molecule has 4 aliphatic rings. The molecule has 8 aromatic heterocycles. The van der Waals surface area contributed by atoms with Crippen LogP contribution in [0.3, 0.4) is 0 Å². The van der Waals surface area contributed by atoms with Crippen molar-refractivity contribution in [2.45, 2.75) is 80.1 Å². The molecule has 2 atom stereocenters. The number of thiophene rings is 8. The molecule has 0 nitrogen and oxygen atoms in total. The van der Waals surface area contributed by atoms with Gasteiger partial charge in [-0.05, 0) is 217 Å². The lowest BCUT2D eigenvalue weighted by Gasteiger charge is -2.16. The molecule has 10 aromatic rings. The second kappa shape index (κ2) is 14.8. The van der Waals surface area contributed by atoms with Crippen LogP contribution in [-0.4, -0.2) is 0 Å². The normalized spacial score (nSPS) is 15.7. The van der Waals surface area contributed by atoms with E-state index in [1.54, 1.807) is 22.3 Å². The molecule has 0 spiro atoms. The largest absolute Gasteiger partial charge is 0.140 e. The summed E-state index contributed by atoms with van der Waals surface area (Å²) >= 11 is 15.6. The first-order chi connectivity index (χ1) is 30.9. The SMILES string of the molecule is Cc1ccc(-c2cc3c(s2)-c2c(C)c4c(c(C)c2C3)-c2sc(-c3ccc(C)s3)cc2C4)s1.Cc1ccc(-c2cc3c(s2)-c2cc4c(cc2C3C)-c2sc(-c3ccc(C)s3)cc2C4C)s1. The van der Waals surface area contributed by atoms with Crippen LogP contribution in [0.4, 0.5) is 0 Å². The smallest absolute Gasteiger partial charge is 0.0452 e. The minimum Gasteiger partial charge on any atom is -0.140 e. The molecule has 4 aliphatic carbocycles. The molecular formula is C56H44S8. The van der Waals surface area contributed by atoms with Crippen molar-refractivity contribution >= 4 is 90.7 Å². The van der Waals surface area contributed by atoms with Crippen molar-refractivity contribution in [3.8, 4) is 80.8 Å². The van der Waals surface area contributed by atoms with Gasteiger partial charge in [0, 0.05) is 89.9 Å². The zero-order valence-electron chi connectivity index (χ0n) is 36.9. The molecule has 0 N–H and O–H groups in total. The Kier molecular flexibility index (Phi) is 9.31. The molecule has 0 saturated heterocycles. The van der Waals surface area contributed by atoms with Gasteiger partial charge in [-0.3, -0.25) is 0 Å². The van der Waals surface area contributed by atoms with Crippen molar-refractivity contribution in [3.63, 3.8) is 0 Å². The first-order valence-electron chi connectivity index (χ1n) is 22.1. The third-order valence-corrected chi connectivity index (χ3v) is 23.6. The van der Waals surface area contributed by atoms with E-state index in [2.05, 4.69) is 140 Å². The van der Waals surface area contributed by atoms with E-state index in [1.807, 2.05) is 90.7 Å². The van der Waals surface area contributed by atoms with Crippen LogP contribution in [0.25, 0.3) is 80.8 Å². The Balaban J connectivity index is 0.000000129. The minimum absolute atomic E-state index is 0.468. The fourth-order valence-electron chi connectivity index (χ4n) is 10.8. The van der Waals surface area contributed by atoms with Crippen LogP contribution in [0.2, 0.25) is 0 Å². The Hall–Kier alpha value is -3.96. The molecule has 8 heteroatoms. The number of hydrogen-bond acceptors (Lipinski definition) is 8. The van der Waals surface area contributed by atoms with Crippen LogP contribution in [0.5, 0.6) is 0 Å². The van der Waals surface area contributed by atoms with E-state index in [9.17, 15) is 0 Å². The van der Waals surface area contributed by atoms with Gasteiger partial charge < -0.3 is 0 Å². The van der Waals surface area contributed by atoms with Gasteiger partial charge in [-0.2, -0.15) is 0 Å². The predicted octanol–water partition coefficient (Wildman–Crippen LogP) is 19.8. The van der Waals surface area contributed by atoms with Gasteiger partial charge in [0.15, 0.2) is 0 Å². The Bertz CT molecular complexity index is 3330. The first kappa shape index (κ1) is 40.3. The van der Waals surface area contributed by atoms with Gasteiger partial charge in [-0.25, -0.2) is 0 Å². The first-order valence-corrected chi connectivity index (χ1v) is 28.6. The molecule has 8 heterocycles. The second-order valence-electron chi connectivity index (χ2n) is 18.1. The fourth-order valence-corrected chi connectivity index (χ4v) is 19.8. The summed E-state index contributed by atoms with van der Waals surface area (Å²) in [6.07, 6.45) is 2.17. The summed E-state index contributed by atoms with van der Waals surface area (Å²) in [5.41, 5.74) is 21.4. The van der Waals surface area contributed by atoms with Gasteiger partial charge in [-0.1, -0.05) is 13.8 Å². The monoisotopic (exact) mass is 972 g/mol. The summed E-state index contributed by atoms with van der Waals surface area (Å²) in [5.74, 6) is 0.935. The van der Waals surface area contributed by atoms with E-state index >= 15 is 0 Å². The van der Waals surface area contributed by atoms with Crippen molar-refractivity contribution in [1.29, 1.82) is 0 Å². The molecular weight excluding hydrogens is 929 g/mol. The molecule has 0 bridgehead atoms. The highest BCUT2D eigenvalue weighted by Gasteiger charge is 2.36. The second-order valence-corrected chi connectivity index (χ2v) is 27.5. The fraction of sp³-hybridized carbons (Fsp3) is 0.214. The number of fused-ring (bicyclic) bond motifs is 12. The van der Waals surface area contributed by atoms with Crippen LogP contribution in [0.1, 0.15) is 101 Å². The summed E-state index contributed by atoms with van der Waals surface area (Å²) in [6.45, 7) is 18.3. The summed E-state index contributed by atoms with van der Waals surface area (Å²) in [7, 11) is 0. The van der Waals surface area contributed by atoms with Gasteiger partial charge >= 0.3 is 0 Å². The molecule has 316 valence electrons. The van der Waals surface area contributed by atoms with Gasteiger partial charge in [0.2, 0.25) is 0 Å². The van der Waals surface area contributed by atoms with Crippen molar-refractivity contribution in [1.82, 2.24) is 0 Å². The van der Waals surface area contributed by atoms with Crippen LogP contribution in [0.15, 0.2) is 84.9 Å². The quantitative estimate of drug-likeness (QED) is 0.165. The van der Waals surface area contributed by atoms with Crippen LogP contribution in [-0.2, 0) is 12.8 Å². The highest BCUT2D eigenvalue weighted by atomic mass is 32.1. The van der Waals surface area contributed by atoms with Crippen molar-refractivity contribution < 1.29 is 0 Å². The zero-order valence-corrected chi connectivity index (χ0v) is 43.4. The number of benzene rings is 2. The standard InChI is InChI=1S/2C28H22S4/c1-13-5-7-23(29-13)25-11-19-15(3)17-10-22-18(9-21(17)27(19)31-25)16(4)20-12-26(32-28(20)22)24-8-6-14(2)30-24;1-13-5-7-21(29-13)23-11-17-9-19-16(4)26-20(15(3)25(19)27(17)31-23)10-18-12-24(32-28(18)26)22-8-6-14(2)30-22/h5-12,15-16H,1-4H3;5-8,11-12H,9-10H2,1-4H3.